The largest absolute Gasteiger partial charge is 0.376 e. The first kappa shape index (κ1) is 15.3. The van der Waals surface area contributed by atoms with Gasteiger partial charge in [0.1, 0.15) is 6.61 Å². The average Bonchev–Trinajstić information content (AvgIpc) is 2.20. The predicted molar refractivity (Wildman–Crippen MR) is 64.6 cm³/mol. The van der Waals surface area contributed by atoms with Crippen LogP contribution in [0, 0.1) is 0 Å². The zero-order valence-corrected chi connectivity index (χ0v) is 10.5. The Hall–Kier alpha value is -0.710. The van der Waals surface area contributed by atoms with Crippen LogP contribution in [-0.4, -0.2) is 44.8 Å². The fourth-order valence-corrected chi connectivity index (χ4v) is 0.978. The normalized spacial score (nSPS) is 11.5. The molecule has 4 nitrogen and oxygen atoms in total. The van der Waals surface area contributed by atoms with Gasteiger partial charge in [0, 0.05) is 12.6 Å². The van der Waals surface area contributed by atoms with Crippen molar-refractivity contribution in [3.63, 3.8) is 0 Å². The molecule has 0 saturated carbocycles. The lowest BCUT2D eigenvalue weighted by Crippen LogP contribution is -2.26. The van der Waals surface area contributed by atoms with Crippen molar-refractivity contribution in [2.45, 2.75) is 26.8 Å². The Bertz CT molecular complexity index is 202. The van der Waals surface area contributed by atoms with E-state index in [1.807, 2.05) is 12.2 Å². The monoisotopic (exact) mass is 229 g/mol. The molecule has 0 amide bonds. The van der Waals surface area contributed by atoms with Gasteiger partial charge in [0.2, 0.25) is 0 Å². The van der Waals surface area contributed by atoms with Gasteiger partial charge < -0.3 is 14.8 Å². The quantitative estimate of drug-likeness (QED) is 0.451. The number of hydrogen-bond acceptors (Lipinski definition) is 4. The van der Waals surface area contributed by atoms with Gasteiger partial charge in [-0.2, -0.15) is 0 Å². The lowest BCUT2D eigenvalue weighted by Gasteiger charge is -2.07. The van der Waals surface area contributed by atoms with Crippen LogP contribution < -0.4 is 5.32 Å². The van der Waals surface area contributed by atoms with Gasteiger partial charge in [-0.1, -0.05) is 26.0 Å². The highest BCUT2D eigenvalue weighted by Crippen LogP contribution is 1.82. The summed E-state index contributed by atoms with van der Waals surface area (Å²) in [4.78, 5) is 10.5. The SMILES string of the molecule is CC(=O)COC/C=C\COCCNC(C)C. The highest BCUT2D eigenvalue weighted by Gasteiger charge is 1.91. The highest BCUT2D eigenvalue weighted by atomic mass is 16.5. The Labute approximate surface area is 98.0 Å². The average molecular weight is 229 g/mol. The number of ketones is 1. The van der Waals surface area contributed by atoms with Crippen molar-refractivity contribution in [2.24, 2.45) is 0 Å². The standard InChI is InChI=1S/C12H23NO3/c1-11(2)13-6-9-15-7-4-5-8-16-10-12(3)14/h4-5,11,13H,6-10H2,1-3H3/b5-4-. The third-order valence-electron chi connectivity index (χ3n) is 1.70. The number of hydrogen-bond donors (Lipinski definition) is 1. The van der Waals surface area contributed by atoms with Crippen molar-refractivity contribution >= 4 is 5.78 Å². The van der Waals surface area contributed by atoms with E-state index in [4.69, 9.17) is 9.47 Å². The first-order valence-corrected chi connectivity index (χ1v) is 5.66. The van der Waals surface area contributed by atoms with Crippen molar-refractivity contribution in [3.8, 4) is 0 Å². The number of nitrogens with one attached hydrogen (secondary N) is 1. The summed E-state index contributed by atoms with van der Waals surface area (Å²) in [5.74, 6) is 0.0457. The third-order valence-corrected chi connectivity index (χ3v) is 1.70. The Morgan fingerprint density at radius 3 is 2.44 bits per heavy atom. The highest BCUT2D eigenvalue weighted by molar-refractivity contribution is 5.76. The molecule has 0 heterocycles. The first-order chi connectivity index (χ1) is 7.63. The van der Waals surface area contributed by atoms with E-state index >= 15 is 0 Å². The van der Waals surface area contributed by atoms with Crippen LogP contribution in [-0.2, 0) is 14.3 Å². The minimum atomic E-state index is 0.0457. The maximum Gasteiger partial charge on any atom is 0.155 e. The topological polar surface area (TPSA) is 47.6 Å². The van der Waals surface area contributed by atoms with Gasteiger partial charge in [-0.3, -0.25) is 4.79 Å². The molecule has 0 aliphatic rings. The molecule has 0 aliphatic carbocycles. The summed E-state index contributed by atoms with van der Waals surface area (Å²) < 4.78 is 10.4. The van der Waals surface area contributed by atoms with Crippen LogP contribution in [0.25, 0.3) is 0 Å². The van der Waals surface area contributed by atoms with Crippen molar-refractivity contribution in [2.75, 3.05) is 33.0 Å². The molecular formula is C12H23NO3. The lowest BCUT2D eigenvalue weighted by atomic mass is 10.4. The van der Waals surface area contributed by atoms with Crippen molar-refractivity contribution < 1.29 is 14.3 Å². The molecular weight excluding hydrogens is 206 g/mol. The zero-order valence-electron chi connectivity index (χ0n) is 10.5. The van der Waals surface area contributed by atoms with Crippen LogP contribution >= 0.6 is 0 Å². The van der Waals surface area contributed by atoms with Gasteiger partial charge in [0.15, 0.2) is 5.78 Å². The molecule has 0 fully saturated rings. The minimum Gasteiger partial charge on any atom is -0.376 e. The second kappa shape index (κ2) is 10.8. The number of ether oxygens (including phenoxy) is 2. The Kier molecular flexibility index (Phi) is 10.3. The Morgan fingerprint density at radius 1 is 1.25 bits per heavy atom. The van der Waals surface area contributed by atoms with E-state index < -0.39 is 0 Å². The van der Waals surface area contributed by atoms with Gasteiger partial charge in [0.05, 0.1) is 19.8 Å². The molecule has 0 atom stereocenters. The van der Waals surface area contributed by atoms with Crippen LogP contribution in [0.1, 0.15) is 20.8 Å². The fourth-order valence-electron chi connectivity index (χ4n) is 0.978. The maximum atomic E-state index is 10.5. The van der Waals surface area contributed by atoms with Gasteiger partial charge in [-0.25, -0.2) is 0 Å². The van der Waals surface area contributed by atoms with Gasteiger partial charge in [-0.15, -0.1) is 0 Å². The molecule has 1 N–H and O–H groups in total. The summed E-state index contributed by atoms with van der Waals surface area (Å²) >= 11 is 0. The number of carbonyl (C=O) groups excluding carboxylic acids is 1. The molecule has 0 aromatic carbocycles. The summed E-state index contributed by atoms with van der Waals surface area (Å²) in [6, 6.07) is 0.499. The second-order valence-corrected chi connectivity index (χ2v) is 3.87. The van der Waals surface area contributed by atoms with Crippen molar-refractivity contribution in [1.82, 2.24) is 5.32 Å². The minimum absolute atomic E-state index is 0.0457. The molecule has 0 spiro atoms. The predicted octanol–water partition coefficient (Wildman–Crippen LogP) is 1.16. The summed E-state index contributed by atoms with van der Waals surface area (Å²) in [5, 5.41) is 3.26. The summed E-state index contributed by atoms with van der Waals surface area (Å²) in [7, 11) is 0. The molecule has 0 aliphatic heterocycles. The molecule has 0 rings (SSSR count). The zero-order chi connectivity index (χ0) is 12.2. The smallest absolute Gasteiger partial charge is 0.155 e. The lowest BCUT2D eigenvalue weighted by molar-refractivity contribution is -0.121. The second-order valence-electron chi connectivity index (χ2n) is 3.87. The number of carbonyl (C=O) groups is 1. The van der Waals surface area contributed by atoms with Crippen LogP contribution in [0.3, 0.4) is 0 Å². The fraction of sp³-hybridized carbons (Fsp3) is 0.750. The molecule has 0 saturated heterocycles. The van der Waals surface area contributed by atoms with Crippen LogP contribution in [0.15, 0.2) is 12.2 Å². The molecule has 94 valence electrons. The Balaban J connectivity index is 3.12. The van der Waals surface area contributed by atoms with E-state index in [1.54, 1.807) is 0 Å². The van der Waals surface area contributed by atoms with Gasteiger partial charge in [0.25, 0.3) is 0 Å². The first-order valence-electron chi connectivity index (χ1n) is 5.66. The summed E-state index contributed by atoms with van der Waals surface area (Å²) in [5.41, 5.74) is 0. The molecule has 0 bridgehead atoms. The van der Waals surface area contributed by atoms with E-state index in [-0.39, 0.29) is 12.4 Å². The van der Waals surface area contributed by atoms with E-state index in [0.29, 0.717) is 25.9 Å². The third kappa shape index (κ3) is 13.3. The molecule has 0 radical (unpaired) electrons. The number of rotatable bonds is 10. The Morgan fingerprint density at radius 2 is 1.88 bits per heavy atom. The van der Waals surface area contributed by atoms with E-state index in [0.717, 1.165) is 6.54 Å². The molecule has 4 heteroatoms. The van der Waals surface area contributed by atoms with Crippen LogP contribution in [0.2, 0.25) is 0 Å². The van der Waals surface area contributed by atoms with Crippen molar-refractivity contribution in [3.05, 3.63) is 12.2 Å². The maximum absolute atomic E-state index is 10.5. The molecule has 0 aromatic heterocycles. The van der Waals surface area contributed by atoms with E-state index in [9.17, 15) is 4.79 Å². The van der Waals surface area contributed by atoms with Gasteiger partial charge >= 0.3 is 0 Å². The molecule has 16 heavy (non-hydrogen) atoms. The van der Waals surface area contributed by atoms with Gasteiger partial charge in [-0.05, 0) is 6.92 Å². The van der Waals surface area contributed by atoms with Crippen LogP contribution in [0.4, 0.5) is 0 Å². The summed E-state index contributed by atoms with van der Waals surface area (Å²) in [6.07, 6.45) is 3.76. The van der Waals surface area contributed by atoms with Crippen LogP contribution in [0.5, 0.6) is 0 Å². The number of Topliss-reactive ketones (excluding diaryl/α,β-unsaturated/α-hetero) is 1. The molecule has 0 aromatic rings. The van der Waals surface area contributed by atoms with E-state index in [2.05, 4.69) is 19.2 Å². The van der Waals surface area contributed by atoms with E-state index in [1.165, 1.54) is 6.92 Å². The molecule has 0 unspecified atom stereocenters. The van der Waals surface area contributed by atoms with Crippen molar-refractivity contribution in [1.29, 1.82) is 0 Å². The summed E-state index contributed by atoms with van der Waals surface area (Å²) in [6.45, 7) is 8.52.